The molecule has 2 N–H and O–H groups in total. The second-order valence-corrected chi connectivity index (χ2v) is 6.61. The summed E-state index contributed by atoms with van der Waals surface area (Å²) in [5.41, 5.74) is 8.78. The summed E-state index contributed by atoms with van der Waals surface area (Å²) >= 11 is 3.57. The Morgan fingerprint density at radius 3 is 2.90 bits per heavy atom. The fourth-order valence-corrected chi connectivity index (χ4v) is 3.78. The van der Waals surface area contributed by atoms with Crippen molar-refractivity contribution in [1.82, 2.24) is 0 Å². The van der Waals surface area contributed by atoms with Gasteiger partial charge in [0.15, 0.2) is 5.75 Å². The van der Waals surface area contributed by atoms with Gasteiger partial charge in [-0.2, -0.15) is 0 Å². The van der Waals surface area contributed by atoms with Gasteiger partial charge in [0.05, 0.1) is 11.7 Å². The second-order valence-electron chi connectivity index (χ2n) is 5.70. The molecule has 2 aromatic carbocycles. The average molecular weight is 345 g/mol. The van der Waals surface area contributed by atoms with Crippen molar-refractivity contribution < 1.29 is 4.74 Å². The molecule has 4 heteroatoms. The van der Waals surface area contributed by atoms with Gasteiger partial charge in [-0.3, -0.25) is 0 Å². The molecule has 4 rings (SSSR count). The molecule has 0 unspecified atom stereocenters. The zero-order valence-electron chi connectivity index (χ0n) is 11.6. The third kappa shape index (κ3) is 2.14. The van der Waals surface area contributed by atoms with Crippen LogP contribution in [0.1, 0.15) is 24.4 Å². The number of fused-ring (bicyclic) bond motifs is 5. The van der Waals surface area contributed by atoms with Crippen LogP contribution in [0.4, 0.5) is 5.69 Å². The summed E-state index contributed by atoms with van der Waals surface area (Å²) in [5.74, 6) is 1.83. The Bertz CT molecular complexity index is 688. The van der Waals surface area contributed by atoms with Gasteiger partial charge in [-0.05, 0) is 37.1 Å². The topological polar surface area (TPSA) is 38.5 Å². The van der Waals surface area contributed by atoms with Crippen molar-refractivity contribution >= 4 is 21.6 Å². The standard InChI is InChI=1S/C17H17BrN2O/c18-11-7-8-16-14(10-11)20-9-3-5-13(19)17(20)12-4-1-2-6-15(12)21-16/h1-2,4,6-8,10,13,17H,3,5,9,19H2/t13-,17-/m1/s1. The fourth-order valence-electron chi connectivity index (χ4n) is 3.43. The van der Waals surface area contributed by atoms with Crippen LogP contribution in [0.15, 0.2) is 46.9 Å². The Morgan fingerprint density at radius 2 is 2.00 bits per heavy atom. The van der Waals surface area contributed by atoms with Gasteiger partial charge in [-0.15, -0.1) is 0 Å². The summed E-state index contributed by atoms with van der Waals surface area (Å²) in [7, 11) is 0. The van der Waals surface area contributed by atoms with Crippen LogP contribution in [0.3, 0.4) is 0 Å². The highest BCUT2D eigenvalue weighted by Crippen LogP contribution is 2.47. The van der Waals surface area contributed by atoms with Gasteiger partial charge in [0, 0.05) is 22.6 Å². The van der Waals surface area contributed by atoms with E-state index >= 15 is 0 Å². The van der Waals surface area contributed by atoms with E-state index in [1.807, 2.05) is 24.3 Å². The lowest BCUT2D eigenvalue weighted by atomic mass is 9.90. The molecule has 1 fully saturated rings. The number of ether oxygens (including phenoxy) is 1. The number of nitrogens with two attached hydrogens (primary N) is 1. The van der Waals surface area contributed by atoms with Crippen molar-refractivity contribution in [3.05, 3.63) is 52.5 Å². The van der Waals surface area contributed by atoms with E-state index in [4.69, 9.17) is 10.5 Å². The lowest BCUT2D eigenvalue weighted by molar-refractivity contribution is 0.408. The molecule has 108 valence electrons. The summed E-state index contributed by atoms with van der Waals surface area (Å²) in [4.78, 5) is 2.40. The summed E-state index contributed by atoms with van der Waals surface area (Å²) in [6.07, 6.45) is 2.17. The van der Waals surface area contributed by atoms with E-state index in [-0.39, 0.29) is 12.1 Å². The Hall–Kier alpha value is -1.52. The number of hydrogen-bond acceptors (Lipinski definition) is 3. The van der Waals surface area contributed by atoms with E-state index in [0.29, 0.717) is 0 Å². The molecule has 21 heavy (non-hydrogen) atoms. The van der Waals surface area contributed by atoms with Crippen molar-refractivity contribution in [3.8, 4) is 11.5 Å². The third-order valence-corrected chi connectivity index (χ3v) is 4.86. The molecule has 0 bridgehead atoms. The van der Waals surface area contributed by atoms with Crippen molar-refractivity contribution in [2.24, 2.45) is 5.73 Å². The van der Waals surface area contributed by atoms with Crippen LogP contribution < -0.4 is 15.4 Å². The van der Waals surface area contributed by atoms with Gasteiger partial charge in [0.2, 0.25) is 0 Å². The minimum atomic E-state index is 0.133. The maximum absolute atomic E-state index is 6.46. The van der Waals surface area contributed by atoms with E-state index in [0.717, 1.165) is 41.0 Å². The van der Waals surface area contributed by atoms with Gasteiger partial charge in [-0.25, -0.2) is 0 Å². The largest absolute Gasteiger partial charge is 0.455 e. The zero-order valence-corrected chi connectivity index (χ0v) is 13.2. The Labute approximate surface area is 132 Å². The molecule has 0 aromatic heterocycles. The molecule has 0 aliphatic carbocycles. The SMILES string of the molecule is N[C@@H]1CCCN2c3cc(Br)ccc3Oc3ccccc3[C@H]12. The van der Waals surface area contributed by atoms with Crippen molar-refractivity contribution in [1.29, 1.82) is 0 Å². The first-order valence-electron chi connectivity index (χ1n) is 7.32. The molecule has 2 atom stereocenters. The van der Waals surface area contributed by atoms with Crippen LogP contribution in [0.2, 0.25) is 0 Å². The number of piperidine rings is 1. The number of para-hydroxylation sites is 1. The van der Waals surface area contributed by atoms with Crippen LogP contribution in [0.25, 0.3) is 0 Å². The predicted octanol–water partition coefficient (Wildman–Crippen LogP) is 4.22. The minimum absolute atomic E-state index is 0.133. The molecular formula is C17H17BrN2O. The van der Waals surface area contributed by atoms with Gasteiger partial charge in [-0.1, -0.05) is 34.1 Å². The number of benzene rings is 2. The maximum Gasteiger partial charge on any atom is 0.150 e. The van der Waals surface area contributed by atoms with E-state index in [9.17, 15) is 0 Å². The van der Waals surface area contributed by atoms with Crippen LogP contribution in [0, 0.1) is 0 Å². The highest BCUT2D eigenvalue weighted by molar-refractivity contribution is 9.10. The highest BCUT2D eigenvalue weighted by atomic mass is 79.9. The van der Waals surface area contributed by atoms with Gasteiger partial charge in [0.25, 0.3) is 0 Å². The normalized spacial score (nSPS) is 23.4. The summed E-state index contributed by atoms with van der Waals surface area (Å²) in [6.45, 7) is 1.01. The monoisotopic (exact) mass is 344 g/mol. The molecule has 3 nitrogen and oxygen atoms in total. The molecule has 0 saturated carbocycles. The summed E-state index contributed by atoms with van der Waals surface area (Å²) < 4.78 is 7.24. The smallest absolute Gasteiger partial charge is 0.150 e. The first kappa shape index (κ1) is 13.2. The summed E-state index contributed by atoms with van der Waals surface area (Å²) in [6, 6.07) is 14.7. The van der Waals surface area contributed by atoms with Gasteiger partial charge >= 0.3 is 0 Å². The van der Waals surface area contributed by atoms with Crippen LogP contribution in [0.5, 0.6) is 11.5 Å². The highest BCUT2D eigenvalue weighted by Gasteiger charge is 2.36. The minimum Gasteiger partial charge on any atom is -0.455 e. The number of anilines is 1. The fraction of sp³-hybridized carbons (Fsp3) is 0.294. The Kier molecular flexibility index (Phi) is 3.16. The van der Waals surface area contributed by atoms with E-state index in [1.54, 1.807) is 0 Å². The lowest BCUT2D eigenvalue weighted by Gasteiger charge is -2.40. The predicted molar refractivity (Wildman–Crippen MR) is 88.0 cm³/mol. The van der Waals surface area contributed by atoms with Crippen LogP contribution in [-0.4, -0.2) is 12.6 Å². The molecule has 2 heterocycles. The van der Waals surface area contributed by atoms with E-state index in [2.05, 4.69) is 39.0 Å². The molecule has 1 saturated heterocycles. The van der Waals surface area contributed by atoms with Crippen LogP contribution in [-0.2, 0) is 0 Å². The van der Waals surface area contributed by atoms with Crippen molar-refractivity contribution in [2.75, 3.05) is 11.4 Å². The van der Waals surface area contributed by atoms with Gasteiger partial charge < -0.3 is 15.4 Å². The number of halogens is 1. The van der Waals surface area contributed by atoms with Gasteiger partial charge in [0.1, 0.15) is 5.75 Å². The Morgan fingerprint density at radius 1 is 1.14 bits per heavy atom. The number of nitrogens with zero attached hydrogens (tertiary/aromatic N) is 1. The first-order chi connectivity index (χ1) is 10.2. The molecular weight excluding hydrogens is 328 g/mol. The molecule has 2 aliphatic rings. The second kappa shape index (κ2) is 5.04. The molecule has 0 amide bonds. The average Bonchev–Trinajstić information content (AvgIpc) is 2.63. The van der Waals surface area contributed by atoms with Crippen LogP contribution >= 0.6 is 15.9 Å². The zero-order chi connectivity index (χ0) is 14.4. The molecule has 0 spiro atoms. The van der Waals surface area contributed by atoms with E-state index in [1.165, 1.54) is 5.56 Å². The van der Waals surface area contributed by atoms with Crippen molar-refractivity contribution in [2.45, 2.75) is 24.9 Å². The molecule has 0 radical (unpaired) electrons. The quantitative estimate of drug-likeness (QED) is 0.777. The maximum atomic E-state index is 6.46. The first-order valence-corrected chi connectivity index (χ1v) is 8.12. The molecule has 2 aliphatic heterocycles. The lowest BCUT2D eigenvalue weighted by Crippen LogP contribution is -2.45. The molecule has 2 aromatic rings. The number of rotatable bonds is 0. The number of hydrogen-bond donors (Lipinski definition) is 1. The third-order valence-electron chi connectivity index (χ3n) is 4.37. The summed E-state index contributed by atoms with van der Waals surface area (Å²) in [5, 5.41) is 0. The van der Waals surface area contributed by atoms with Crippen molar-refractivity contribution in [3.63, 3.8) is 0 Å². The Balaban J connectivity index is 1.94. The van der Waals surface area contributed by atoms with E-state index < -0.39 is 0 Å².